The predicted octanol–water partition coefficient (Wildman–Crippen LogP) is 1.62. The van der Waals surface area contributed by atoms with E-state index in [0.717, 1.165) is 17.8 Å². The van der Waals surface area contributed by atoms with Crippen molar-refractivity contribution < 1.29 is 14.3 Å². The lowest BCUT2D eigenvalue weighted by atomic mass is 10.0. The Kier molecular flexibility index (Phi) is 4.01. The lowest BCUT2D eigenvalue weighted by Gasteiger charge is -2.33. The Labute approximate surface area is 140 Å². The molecule has 7 nitrogen and oxygen atoms in total. The zero-order valence-electron chi connectivity index (χ0n) is 13.9. The number of amides is 2. The molecule has 0 saturated heterocycles. The number of nitrogens with zero attached hydrogens (tertiary/aromatic N) is 2. The highest BCUT2D eigenvalue weighted by atomic mass is 16.5. The van der Waals surface area contributed by atoms with E-state index in [4.69, 9.17) is 4.74 Å². The van der Waals surface area contributed by atoms with E-state index in [-0.39, 0.29) is 0 Å². The Balaban J connectivity index is 1.74. The lowest BCUT2D eigenvalue weighted by molar-refractivity contribution is -0.146. The number of nitrogens with one attached hydrogen (secondary N) is 2. The monoisotopic (exact) mass is 328 g/mol. The van der Waals surface area contributed by atoms with Crippen molar-refractivity contribution in [2.45, 2.75) is 39.5 Å². The van der Waals surface area contributed by atoms with Crippen LogP contribution in [0.1, 0.15) is 25.1 Å². The van der Waals surface area contributed by atoms with Crippen LogP contribution in [0.2, 0.25) is 0 Å². The second-order valence-electron chi connectivity index (χ2n) is 5.84. The van der Waals surface area contributed by atoms with Crippen molar-refractivity contribution in [3.8, 4) is 5.75 Å². The van der Waals surface area contributed by atoms with Crippen LogP contribution in [-0.4, -0.2) is 27.2 Å². The fraction of sp³-hybridized carbons (Fsp3) is 0.353. The quantitative estimate of drug-likeness (QED) is 0.835. The van der Waals surface area contributed by atoms with Crippen LogP contribution >= 0.6 is 0 Å². The molecule has 0 bridgehead atoms. The molecule has 0 fully saturated rings. The third-order valence-electron chi connectivity index (χ3n) is 4.26. The first-order chi connectivity index (χ1) is 11.5. The molecular weight excluding hydrogens is 308 g/mol. The van der Waals surface area contributed by atoms with Gasteiger partial charge in [-0.15, -0.1) is 0 Å². The van der Waals surface area contributed by atoms with Gasteiger partial charge in [0.15, 0.2) is 0 Å². The summed E-state index contributed by atoms with van der Waals surface area (Å²) in [6.45, 7) is 6.47. The Morgan fingerprint density at radius 3 is 2.88 bits per heavy atom. The highest BCUT2D eigenvalue weighted by Gasteiger charge is 2.47. The van der Waals surface area contributed by atoms with Crippen molar-refractivity contribution in [2.24, 2.45) is 0 Å². The van der Waals surface area contributed by atoms with Crippen molar-refractivity contribution in [1.82, 2.24) is 15.1 Å². The molecule has 0 saturated carbocycles. The summed E-state index contributed by atoms with van der Waals surface area (Å²) in [5.41, 5.74) is 0.851. The molecule has 1 aliphatic rings. The molecule has 1 atom stereocenters. The van der Waals surface area contributed by atoms with Crippen LogP contribution in [-0.2, 0) is 22.7 Å². The van der Waals surface area contributed by atoms with Gasteiger partial charge in [-0.1, -0.05) is 12.1 Å². The Morgan fingerprint density at radius 1 is 1.42 bits per heavy atom. The van der Waals surface area contributed by atoms with Gasteiger partial charge in [0, 0.05) is 24.3 Å². The maximum absolute atomic E-state index is 12.6. The molecule has 1 aromatic carbocycles. The van der Waals surface area contributed by atoms with Gasteiger partial charge in [-0.2, -0.15) is 5.10 Å². The minimum atomic E-state index is -1.61. The number of carbonyl (C=O) groups excluding carboxylic acids is 2. The van der Waals surface area contributed by atoms with Gasteiger partial charge in [-0.05, 0) is 32.9 Å². The Hall–Kier alpha value is -2.83. The molecule has 2 N–H and O–H groups in total. The summed E-state index contributed by atoms with van der Waals surface area (Å²) in [5.74, 6) is -0.498. The number of carbonyl (C=O) groups is 2. The molecule has 126 valence electrons. The molecule has 3 rings (SSSR count). The number of anilines is 1. The van der Waals surface area contributed by atoms with Gasteiger partial charge in [-0.25, -0.2) is 0 Å². The van der Waals surface area contributed by atoms with E-state index in [2.05, 4.69) is 15.7 Å². The number of benzene rings is 1. The van der Waals surface area contributed by atoms with E-state index in [1.165, 1.54) is 6.92 Å². The number of aryl methyl sites for hydroxylation is 1. The number of aromatic nitrogens is 2. The number of rotatable bonds is 4. The van der Waals surface area contributed by atoms with Crippen molar-refractivity contribution in [2.75, 3.05) is 5.32 Å². The maximum Gasteiger partial charge on any atom is 0.278 e. The van der Waals surface area contributed by atoms with Gasteiger partial charge >= 0.3 is 0 Å². The standard InChI is InChI=1S/C17H20N4O3/c1-4-21-11(2)12(10-19-21)9-18-15(22)17(3)16(23)20-13-7-5-6-8-14(13)24-17/h5-8,10H,4,9H2,1-3H3,(H,18,22)(H,20,23). The maximum atomic E-state index is 12.6. The Morgan fingerprint density at radius 2 is 2.17 bits per heavy atom. The molecule has 24 heavy (non-hydrogen) atoms. The minimum absolute atomic E-state index is 0.290. The van der Waals surface area contributed by atoms with E-state index < -0.39 is 17.4 Å². The van der Waals surface area contributed by atoms with Gasteiger partial charge in [0.05, 0.1) is 11.9 Å². The molecule has 0 radical (unpaired) electrons. The molecule has 2 amide bonds. The molecular formula is C17H20N4O3. The number of ether oxygens (including phenoxy) is 1. The van der Waals surface area contributed by atoms with Gasteiger partial charge < -0.3 is 15.4 Å². The van der Waals surface area contributed by atoms with E-state index in [1.54, 1.807) is 30.5 Å². The summed E-state index contributed by atoms with van der Waals surface area (Å²) in [6.07, 6.45) is 1.72. The summed E-state index contributed by atoms with van der Waals surface area (Å²) in [5, 5.41) is 9.73. The van der Waals surface area contributed by atoms with E-state index in [0.29, 0.717) is 18.0 Å². The second kappa shape index (κ2) is 5.99. The van der Waals surface area contributed by atoms with Crippen LogP contribution < -0.4 is 15.4 Å². The van der Waals surface area contributed by atoms with Crippen LogP contribution in [0, 0.1) is 6.92 Å². The van der Waals surface area contributed by atoms with Crippen LogP contribution in [0.5, 0.6) is 5.75 Å². The molecule has 1 unspecified atom stereocenters. The number of hydrogen-bond acceptors (Lipinski definition) is 4. The molecule has 0 spiro atoms. The summed E-state index contributed by atoms with van der Waals surface area (Å²) >= 11 is 0. The highest BCUT2D eigenvalue weighted by molar-refractivity contribution is 6.15. The van der Waals surface area contributed by atoms with Crippen molar-refractivity contribution >= 4 is 17.5 Å². The molecule has 0 aliphatic carbocycles. The average Bonchev–Trinajstić information content (AvgIpc) is 2.93. The number of fused-ring (bicyclic) bond motifs is 1. The third kappa shape index (κ3) is 2.62. The van der Waals surface area contributed by atoms with E-state index in [9.17, 15) is 9.59 Å². The zero-order chi connectivity index (χ0) is 17.3. The summed E-state index contributed by atoms with van der Waals surface area (Å²) in [4.78, 5) is 24.9. The molecule has 1 aliphatic heterocycles. The van der Waals surface area contributed by atoms with Gasteiger partial charge in [0.1, 0.15) is 5.75 Å². The fourth-order valence-electron chi connectivity index (χ4n) is 2.64. The normalized spacial score (nSPS) is 19.2. The van der Waals surface area contributed by atoms with Crippen LogP contribution in [0.25, 0.3) is 0 Å². The predicted molar refractivity (Wildman–Crippen MR) is 88.6 cm³/mol. The SMILES string of the molecule is CCn1ncc(CNC(=O)C2(C)Oc3ccccc3NC2=O)c1C. The lowest BCUT2D eigenvalue weighted by Crippen LogP contribution is -2.58. The first-order valence-electron chi connectivity index (χ1n) is 7.84. The van der Waals surface area contributed by atoms with Crippen LogP contribution in [0.4, 0.5) is 5.69 Å². The molecule has 7 heteroatoms. The highest BCUT2D eigenvalue weighted by Crippen LogP contribution is 2.33. The first-order valence-corrected chi connectivity index (χ1v) is 7.84. The van der Waals surface area contributed by atoms with Gasteiger partial charge in [0.2, 0.25) is 0 Å². The number of para-hydroxylation sites is 2. The Bertz CT molecular complexity index is 799. The van der Waals surface area contributed by atoms with Crippen molar-refractivity contribution in [3.63, 3.8) is 0 Å². The second-order valence-corrected chi connectivity index (χ2v) is 5.84. The van der Waals surface area contributed by atoms with E-state index in [1.807, 2.05) is 18.5 Å². The first kappa shape index (κ1) is 16.0. The molecule has 2 aromatic rings. The number of hydrogen-bond donors (Lipinski definition) is 2. The summed E-state index contributed by atoms with van der Waals surface area (Å²) in [7, 11) is 0. The van der Waals surface area contributed by atoms with Crippen LogP contribution in [0.15, 0.2) is 30.5 Å². The van der Waals surface area contributed by atoms with Crippen molar-refractivity contribution in [3.05, 3.63) is 41.7 Å². The summed E-state index contributed by atoms with van der Waals surface area (Å²) < 4.78 is 7.54. The topological polar surface area (TPSA) is 85.2 Å². The van der Waals surface area contributed by atoms with E-state index >= 15 is 0 Å². The molecule has 2 heterocycles. The van der Waals surface area contributed by atoms with Gasteiger partial charge in [-0.3, -0.25) is 14.3 Å². The minimum Gasteiger partial charge on any atom is -0.466 e. The zero-order valence-corrected chi connectivity index (χ0v) is 13.9. The summed E-state index contributed by atoms with van der Waals surface area (Å²) in [6, 6.07) is 7.03. The average molecular weight is 328 g/mol. The van der Waals surface area contributed by atoms with Crippen molar-refractivity contribution in [1.29, 1.82) is 0 Å². The molecule has 1 aromatic heterocycles. The largest absolute Gasteiger partial charge is 0.466 e. The van der Waals surface area contributed by atoms with Crippen LogP contribution in [0.3, 0.4) is 0 Å². The fourth-order valence-corrected chi connectivity index (χ4v) is 2.64. The third-order valence-corrected chi connectivity index (χ3v) is 4.26. The van der Waals surface area contributed by atoms with Gasteiger partial charge in [0.25, 0.3) is 17.4 Å². The smallest absolute Gasteiger partial charge is 0.278 e.